The Morgan fingerprint density at radius 2 is 2.21 bits per heavy atom. The molecule has 2 aromatic heterocycles. The molecule has 0 saturated carbocycles. The van der Waals surface area contributed by atoms with Crippen molar-refractivity contribution in [3.05, 3.63) is 24.7 Å². The van der Waals surface area contributed by atoms with Crippen LogP contribution in [0, 0.1) is 0 Å². The van der Waals surface area contributed by atoms with E-state index < -0.39 is 5.60 Å². The molecule has 2 heterocycles. The highest BCUT2D eigenvalue weighted by molar-refractivity contribution is 5.52. The highest BCUT2D eigenvalue weighted by Crippen LogP contribution is 2.14. The maximum atomic E-state index is 9.72. The van der Waals surface area contributed by atoms with Crippen LogP contribution in [-0.2, 0) is 6.54 Å². The minimum absolute atomic E-state index is 0.423. The van der Waals surface area contributed by atoms with Gasteiger partial charge in [-0.3, -0.25) is 4.68 Å². The fourth-order valence-corrected chi connectivity index (χ4v) is 1.60. The molecule has 0 unspecified atom stereocenters. The predicted molar refractivity (Wildman–Crippen MR) is 73.4 cm³/mol. The van der Waals surface area contributed by atoms with E-state index in [-0.39, 0.29) is 0 Å². The monoisotopic (exact) mass is 262 g/mol. The van der Waals surface area contributed by atoms with Gasteiger partial charge in [-0.25, -0.2) is 4.98 Å². The molecule has 0 saturated heterocycles. The molecular weight excluding hydrogens is 244 g/mol. The zero-order chi connectivity index (χ0) is 13.9. The van der Waals surface area contributed by atoms with E-state index in [9.17, 15) is 5.11 Å². The van der Waals surface area contributed by atoms with E-state index in [1.165, 1.54) is 0 Å². The van der Waals surface area contributed by atoms with Gasteiger partial charge in [-0.15, -0.1) is 0 Å². The van der Waals surface area contributed by atoms with Gasteiger partial charge < -0.3 is 15.7 Å². The van der Waals surface area contributed by atoms with Gasteiger partial charge in [0.15, 0.2) is 0 Å². The molecule has 0 spiro atoms. The maximum absolute atomic E-state index is 9.72. The molecule has 2 rings (SSSR count). The average molecular weight is 262 g/mol. The standard InChI is InChI=1S/C12H18N6O/c1-12(2,19)8-18-7-9(6-15-18)16-11-14-5-4-10(13-3)17-11/h4-7,19H,8H2,1-3H3,(H2,13,14,16,17). The summed E-state index contributed by atoms with van der Waals surface area (Å²) in [7, 11) is 1.80. The lowest BCUT2D eigenvalue weighted by Crippen LogP contribution is -2.26. The molecule has 7 nitrogen and oxygen atoms in total. The molecule has 0 bridgehead atoms. The van der Waals surface area contributed by atoms with Crippen LogP contribution >= 0.6 is 0 Å². The van der Waals surface area contributed by atoms with Gasteiger partial charge in [0.2, 0.25) is 5.95 Å². The molecule has 3 N–H and O–H groups in total. The molecule has 0 fully saturated rings. The molecule has 7 heteroatoms. The number of hydrogen-bond donors (Lipinski definition) is 3. The molecule has 0 aromatic carbocycles. The van der Waals surface area contributed by atoms with Crippen LogP contribution in [0.5, 0.6) is 0 Å². The third kappa shape index (κ3) is 3.92. The Kier molecular flexibility index (Phi) is 3.66. The van der Waals surface area contributed by atoms with E-state index in [1.54, 1.807) is 50.2 Å². The zero-order valence-corrected chi connectivity index (χ0v) is 11.3. The molecular formula is C12H18N6O. The van der Waals surface area contributed by atoms with Crippen LogP contribution in [0.2, 0.25) is 0 Å². The summed E-state index contributed by atoms with van der Waals surface area (Å²) in [6, 6.07) is 1.78. The molecule has 19 heavy (non-hydrogen) atoms. The SMILES string of the molecule is CNc1ccnc(Nc2cnn(CC(C)(C)O)c2)n1. The second-order valence-electron chi connectivity index (χ2n) is 4.88. The van der Waals surface area contributed by atoms with Crippen molar-refractivity contribution in [3.8, 4) is 0 Å². The van der Waals surface area contributed by atoms with Crippen molar-refractivity contribution in [2.24, 2.45) is 0 Å². The zero-order valence-electron chi connectivity index (χ0n) is 11.3. The summed E-state index contributed by atoms with van der Waals surface area (Å²) in [6.07, 6.45) is 5.14. The highest BCUT2D eigenvalue weighted by atomic mass is 16.3. The Labute approximate surface area is 111 Å². The van der Waals surface area contributed by atoms with Gasteiger partial charge >= 0.3 is 0 Å². The molecule has 102 valence electrons. The van der Waals surface area contributed by atoms with E-state index >= 15 is 0 Å². The summed E-state index contributed by atoms with van der Waals surface area (Å²) in [5.41, 5.74) is -0.0243. The van der Waals surface area contributed by atoms with Crippen LogP contribution in [0.15, 0.2) is 24.7 Å². The largest absolute Gasteiger partial charge is 0.389 e. The lowest BCUT2D eigenvalue weighted by molar-refractivity contribution is 0.0578. The van der Waals surface area contributed by atoms with Gasteiger partial charge in [0.1, 0.15) is 5.82 Å². The lowest BCUT2D eigenvalue weighted by Gasteiger charge is -2.16. The molecule has 0 amide bonds. The fourth-order valence-electron chi connectivity index (χ4n) is 1.60. The summed E-state index contributed by atoms with van der Waals surface area (Å²) in [5, 5.41) is 19.9. The number of nitrogens with zero attached hydrogens (tertiary/aromatic N) is 4. The number of aromatic nitrogens is 4. The van der Waals surface area contributed by atoms with Gasteiger partial charge in [0.25, 0.3) is 0 Å². The van der Waals surface area contributed by atoms with Gasteiger partial charge in [0, 0.05) is 19.4 Å². The highest BCUT2D eigenvalue weighted by Gasteiger charge is 2.14. The number of nitrogens with one attached hydrogen (secondary N) is 2. The lowest BCUT2D eigenvalue weighted by atomic mass is 10.1. The van der Waals surface area contributed by atoms with Crippen LogP contribution in [0.25, 0.3) is 0 Å². The normalized spacial score (nSPS) is 11.4. The first-order chi connectivity index (χ1) is 8.96. The van der Waals surface area contributed by atoms with E-state index in [2.05, 4.69) is 25.7 Å². The Bertz CT molecular complexity index is 545. The Morgan fingerprint density at radius 3 is 2.89 bits per heavy atom. The van der Waals surface area contributed by atoms with Crippen LogP contribution in [-0.4, -0.2) is 37.5 Å². The second kappa shape index (κ2) is 5.23. The Hall–Kier alpha value is -2.15. The maximum Gasteiger partial charge on any atom is 0.229 e. The molecule has 0 aliphatic heterocycles. The van der Waals surface area contributed by atoms with E-state index in [1.807, 2.05) is 0 Å². The van der Waals surface area contributed by atoms with Crippen LogP contribution in [0.4, 0.5) is 17.5 Å². The molecule has 0 radical (unpaired) electrons. The predicted octanol–water partition coefficient (Wildman–Crippen LogP) is 1.23. The van der Waals surface area contributed by atoms with E-state index in [0.29, 0.717) is 12.5 Å². The third-order valence-corrected chi connectivity index (χ3v) is 2.35. The first kappa shape index (κ1) is 13.3. The summed E-state index contributed by atoms with van der Waals surface area (Å²) >= 11 is 0. The topological polar surface area (TPSA) is 87.9 Å². The quantitative estimate of drug-likeness (QED) is 0.751. The fraction of sp³-hybridized carbons (Fsp3) is 0.417. The molecule has 2 aromatic rings. The number of rotatable bonds is 5. The van der Waals surface area contributed by atoms with Gasteiger partial charge in [-0.2, -0.15) is 10.1 Å². The number of aliphatic hydroxyl groups is 1. The van der Waals surface area contributed by atoms with Crippen LogP contribution < -0.4 is 10.6 Å². The number of hydrogen-bond acceptors (Lipinski definition) is 6. The molecule has 0 aliphatic carbocycles. The summed E-state index contributed by atoms with van der Waals surface area (Å²) in [4.78, 5) is 8.37. The molecule has 0 atom stereocenters. The van der Waals surface area contributed by atoms with Crippen molar-refractivity contribution in [1.29, 1.82) is 0 Å². The van der Waals surface area contributed by atoms with Crippen molar-refractivity contribution in [3.63, 3.8) is 0 Å². The Balaban J connectivity index is 2.07. The van der Waals surface area contributed by atoms with E-state index in [0.717, 1.165) is 11.5 Å². The van der Waals surface area contributed by atoms with Gasteiger partial charge in [-0.05, 0) is 19.9 Å². The van der Waals surface area contributed by atoms with Crippen molar-refractivity contribution in [1.82, 2.24) is 19.7 Å². The van der Waals surface area contributed by atoms with Crippen molar-refractivity contribution in [2.75, 3.05) is 17.7 Å². The van der Waals surface area contributed by atoms with Crippen molar-refractivity contribution in [2.45, 2.75) is 26.0 Å². The van der Waals surface area contributed by atoms with Crippen molar-refractivity contribution >= 4 is 17.5 Å². The molecule has 0 aliphatic rings. The van der Waals surface area contributed by atoms with E-state index in [4.69, 9.17) is 0 Å². The smallest absolute Gasteiger partial charge is 0.229 e. The van der Waals surface area contributed by atoms with Gasteiger partial charge in [-0.1, -0.05) is 0 Å². The third-order valence-electron chi connectivity index (χ3n) is 2.35. The first-order valence-corrected chi connectivity index (χ1v) is 5.99. The minimum Gasteiger partial charge on any atom is -0.389 e. The Morgan fingerprint density at radius 1 is 1.42 bits per heavy atom. The van der Waals surface area contributed by atoms with Crippen LogP contribution in [0.3, 0.4) is 0 Å². The second-order valence-corrected chi connectivity index (χ2v) is 4.88. The minimum atomic E-state index is -0.800. The average Bonchev–Trinajstić information content (AvgIpc) is 2.74. The van der Waals surface area contributed by atoms with Crippen molar-refractivity contribution < 1.29 is 5.11 Å². The summed E-state index contributed by atoms with van der Waals surface area (Å²) in [5.74, 6) is 1.23. The summed E-state index contributed by atoms with van der Waals surface area (Å²) in [6.45, 7) is 3.90. The van der Waals surface area contributed by atoms with Gasteiger partial charge in [0.05, 0.1) is 24.0 Å². The number of anilines is 3. The summed E-state index contributed by atoms with van der Waals surface area (Å²) < 4.78 is 1.67. The first-order valence-electron chi connectivity index (χ1n) is 5.99. The van der Waals surface area contributed by atoms with Crippen LogP contribution in [0.1, 0.15) is 13.8 Å².